The van der Waals surface area contributed by atoms with Crippen molar-refractivity contribution in [1.82, 2.24) is 5.32 Å². The Morgan fingerprint density at radius 2 is 1.01 bits per heavy atom. The van der Waals surface area contributed by atoms with E-state index in [0.717, 1.165) is 49.7 Å². The number of carbonyl (C=O) groups is 4. The summed E-state index contributed by atoms with van der Waals surface area (Å²) in [5, 5.41) is 2.62. The van der Waals surface area contributed by atoms with Gasteiger partial charge in [0.2, 0.25) is 11.8 Å². The molecule has 1 unspecified atom stereocenters. The number of amides is 2. The number of benzene rings is 2. The summed E-state index contributed by atoms with van der Waals surface area (Å²) in [6, 6.07) is 15.1. The molecule has 1 aliphatic rings. The molecule has 0 aromatic heterocycles. The van der Waals surface area contributed by atoms with Crippen LogP contribution >= 0.6 is 7.82 Å². The van der Waals surface area contributed by atoms with Gasteiger partial charge in [-0.15, -0.1) is 0 Å². The molecule has 13 heteroatoms. The molecule has 0 aliphatic carbocycles. The van der Waals surface area contributed by atoms with Gasteiger partial charge in [0.25, 0.3) is 0 Å². The van der Waals surface area contributed by atoms with Gasteiger partial charge in [-0.1, -0.05) is 236 Å². The number of nitrogens with zero attached hydrogens (tertiary/aromatic N) is 1. The van der Waals surface area contributed by atoms with Gasteiger partial charge in [-0.3, -0.25) is 28.2 Å². The van der Waals surface area contributed by atoms with Crippen molar-refractivity contribution in [2.24, 2.45) is 0 Å². The number of hydrogen-bond acceptors (Lipinski definition) is 9. The van der Waals surface area contributed by atoms with Crippen LogP contribution in [0.5, 0.6) is 0 Å². The van der Waals surface area contributed by atoms with Crippen molar-refractivity contribution >= 4 is 37.3 Å². The minimum absolute atomic E-state index is 0.0676. The van der Waals surface area contributed by atoms with Gasteiger partial charge < -0.3 is 24.6 Å². The molecule has 1 heterocycles. The predicted molar refractivity (Wildman–Crippen MR) is 294 cm³/mol. The second-order valence-corrected chi connectivity index (χ2v) is 21.5. The number of anilines is 1. The number of phosphoric acid groups is 1. The zero-order valence-electron chi connectivity index (χ0n) is 45.3. The highest BCUT2D eigenvalue weighted by Crippen LogP contribution is 2.43. The van der Waals surface area contributed by atoms with Crippen LogP contribution in [0.4, 0.5) is 5.69 Å². The van der Waals surface area contributed by atoms with Crippen LogP contribution < -0.4 is 10.2 Å². The predicted octanol–water partition coefficient (Wildman–Crippen LogP) is 14.9. The molecule has 0 fully saturated rings. The first kappa shape index (κ1) is 63.3. The number of hydrogen-bond donors (Lipinski definition) is 2. The second-order valence-electron chi connectivity index (χ2n) is 20.0. The third kappa shape index (κ3) is 31.5. The maximum absolute atomic E-state index is 13.5. The number of esters is 2. The molecular formula is C60H95N2O10P. The summed E-state index contributed by atoms with van der Waals surface area (Å²) in [5.41, 5.74) is 3.13. The Morgan fingerprint density at radius 3 is 1.55 bits per heavy atom. The molecule has 410 valence electrons. The van der Waals surface area contributed by atoms with Crippen molar-refractivity contribution in [2.75, 3.05) is 31.3 Å². The molecule has 2 aromatic carbocycles. The number of unbranched alkanes of at least 4 members (excludes halogenated alkanes) is 28. The van der Waals surface area contributed by atoms with Crippen LogP contribution in [-0.4, -0.2) is 61.1 Å². The van der Waals surface area contributed by atoms with E-state index in [1.165, 1.54) is 141 Å². The van der Waals surface area contributed by atoms with Crippen LogP contribution in [0.1, 0.15) is 249 Å². The summed E-state index contributed by atoms with van der Waals surface area (Å²) in [6.45, 7) is 3.48. The third-order valence-electron chi connectivity index (χ3n) is 13.5. The van der Waals surface area contributed by atoms with Crippen LogP contribution in [0.15, 0.2) is 48.5 Å². The number of phosphoric ester groups is 1. The van der Waals surface area contributed by atoms with Crippen LogP contribution in [0, 0.1) is 11.8 Å². The number of nitrogens with one attached hydrogen (secondary N) is 1. The van der Waals surface area contributed by atoms with Gasteiger partial charge in [0.15, 0.2) is 6.10 Å². The molecule has 2 N–H and O–H groups in total. The fourth-order valence-electron chi connectivity index (χ4n) is 9.12. The first-order valence-electron chi connectivity index (χ1n) is 28.8. The minimum Gasteiger partial charge on any atom is -0.462 e. The van der Waals surface area contributed by atoms with Gasteiger partial charge >= 0.3 is 19.8 Å². The molecule has 0 saturated carbocycles. The number of carbonyl (C=O) groups excluding carboxylic acids is 4. The van der Waals surface area contributed by atoms with Crippen molar-refractivity contribution in [3.05, 3.63) is 65.2 Å². The highest BCUT2D eigenvalue weighted by molar-refractivity contribution is 7.47. The normalized spacial score (nSPS) is 13.1. The molecular weight excluding hydrogens is 940 g/mol. The molecule has 2 atom stereocenters. The van der Waals surface area contributed by atoms with Crippen molar-refractivity contribution in [3.8, 4) is 11.8 Å². The first-order chi connectivity index (χ1) is 35.6. The quantitative estimate of drug-likeness (QED) is 0.0283. The lowest BCUT2D eigenvalue weighted by Gasteiger charge is -2.26. The average Bonchev–Trinajstić information content (AvgIpc) is 3.38. The van der Waals surface area contributed by atoms with Crippen LogP contribution in [0.3, 0.4) is 0 Å². The number of para-hydroxylation sites is 1. The molecule has 2 aromatic rings. The highest BCUT2D eigenvalue weighted by Gasteiger charge is 2.27. The summed E-state index contributed by atoms with van der Waals surface area (Å²) in [6.07, 6.45) is 35.6. The highest BCUT2D eigenvalue weighted by atomic mass is 31.2. The Morgan fingerprint density at radius 1 is 0.562 bits per heavy atom. The first-order valence-corrected chi connectivity index (χ1v) is 30.3. The molecule has 12 nitrogen and oxygen atoms in total. The summed E-state index contributed by atoms with van der Waals surface area (Å²) in [5.74, 6) is 4.76. The molecule has 0 bridgehead atoms. The lowest BCUT2D eigenvalue weighted by molar-refractivity contribution is -0.161. The summed E-state index contributed by atoms with van der Waals surface area (Å²) >= 11 is 0. The monoisotopic (exact) mass is 1030 g/mol. The van der Waals surface area contributed by atoms with Gasteiger partial charge in [-0.05, 0) is 36.6 Å². The number of ether oxygens (including phenoxy) is 2. The molecule has 0 saturated heterocycles. The van der Waals surface area contributed by atoms with Crippen molar-refractivity contribution in [3.63, 3.8) is 0 Å². The molecule has 0 radical (unpaired) electrons. The van der Waals surface area contributed by atoms with Crippen LogP contribution in [-0.2, 0) is 48.8 Å². The molecule has 0 spiro atoms. The average molecular weight is 1040 g/mol. The Hall–Kier alpha value is -4.01. The fourth-order valence-corrected chi connectivity index (χ4v) is 9.87. The van der Waals surface area contributed by atoms with E-state index in [-0.39, 0.29) is 51.3 Å². The number of fused-ring (bicyclic) bond motifs is 2. The molecule has 73 heavy (non-hydrogen) atoms. The Balaban J connectivity index is 1.35. The zero-order valence-corrected chi connectivity index (χ0v) is 46.2. The van der Waals surface area contributed by atoms with E-state index >= 15 is 0 Å². The van der Waals surface area contributed by atoms with E-state index in [4.69, 9.17) is 18.5 Å². The topological polar surface area (TPSA) is 158 Å². The Bertz CT molecular complexity index is 1930. The fraction of sp³-hybridized carbons (Fsp3) is 0.700. The van der Waals surface area contributed by atoms with E-state index in [2.05, 4.69) is 31.0 Å². The third-order valence-corrected chi connectivity index (χ3v) is 14.5. The maximum Gasteiger partial charge on any atom is 0.472 e. The summed E-state index contributed by atoms with van der Waals surface area (Å²) in [4.78, 5) is 64.1. The smallest absolute Gasteiger partial charge is 0.462 e. The van der Waals surface area contributed by atoms with Gasteiger partial charge in [0.05, 0.1) is 25.4 Å². The number of rotatable bonds is 45. The lowest BCUT2D eigenvalue weighted by Crippen LogP contribution is -2.33. The summed E-state index contributed by atoms with van der Waals surface area (Å²) < 4.78 is 34.3. The van der Waals surface area contributed by atoms with E-state index in [1.54, 1.807) is 4.90 Å². The Labute approximate surface area is 441 Å². The second kappa shape index (κ2) is 41.3. The van der Waals surface area contributed by atoms with E-state index in [0.29, 0.717) is 30.6 Å². The van der Waals surface area contributed by atoms with Gasteiger partial charge in [0.1, 0.15) is 6.61 Å². The van der Waals surface area contributed by atoms with Crippen molar-refractivity contribution < 1.29 is 47.2 Å². The van der Waals surface area contributed by atoms with Crippen LogP contribution in [0.25, 0.3) is 0 Å². The summed E-state index contributed by atoms with van der Waals surface area (Å²) in [7, 11) is -4.67. The largest absolute Gasteiger partial charge is 0.472 e. The van der Waals surface area contributed by atoms with Crippen molar-refractivity contribution in [1.29, 1.82) is 0 Å². The minimum atomic E-state index is -4.67. The van der Waals surface area contributed by atoms with E-state index in [9.17, 15) is 28.6 Å². The van der Waals surface area contributed by atoms with E-state index in [1.807, 2.05) is 48.5 Å². The lowest BCUT2D eigenvalue weighted by atomic mass is 10.0. The zero-order chi connectivity index (χ0) is 52.5. The van der Waals surface area contributed by atoms with Gasteiger partial charge in [-0.25, -0.2) is 4.57 Å². The SMILES string of the molecule is CCCCCCCCCCCCCCCCCC(=O)OC[C@H](COP(=O)(O)OCCNC(=O)CCC(=O)N1Cc2ccccc2C#Cc2ccccc21)OC(=O)CCCCCCCCCCCCCCCCC. The molecule has 3 rings (SSSR count). The van der Waals surface area contributed by atoms with Gasteiger partial charge in [0, 0.05) is 43.4 Å². The molecule has 1 aliphatic heterocycles. The van der Waals surface area contributed by atoms with Gasteiger partial charge in [-0.2, -0.15) is 0 Å². The van der Waals surface area contributed by atoms with Crippen LogP contribution in [0.2, 0.25) is 0 Å². The Kier molecular flexibility index (Phi) is 35.8. The van der Waals surface area contributed by atoms with Crippen molar-refractivity contribution in [2.45, 2.75) is 245 Å². The van der Waals surface area contributed by atoms with E-state index < -0.39 is 38.4 Å². The standard InChI is InChI=1S/C60H95N2O10P/c1-3-5-7-9-11-13-15-17-19-21-23-25-27-29-31-41-59(65)69-50-55(72-60(66)42-32-30-28-26-24-22-20-18-16-14-12-10-8-6-4-2)51-71-73(67,68)70-48-47-61-57(63)45-46-58(64)62-49-54-39-34-33-37-52(54)43-44-53-38-35-36-40-56(53)62/h33-40,55H,3-32,41-42,45-51H2,1-2H3,(H,61,63)(H,67,68)/t55-/m1/s1. The maximum atomic E-state index is 13.5. The molecule has 2 amide bonds.